The molecule has 1 aliphatic rings. The summed E-state index contributed by atoms with van der Waals surface area (Å²) in [5, 5.41) is 0. The standard InChI is InChI=1S/C22H25NO5/c1-14(20(24)15-6-8-18(25-4)17(13-15)23(2)3)12-16-7-9-19-22(21(16)26-5)28-11-10-27-19/h6-9,12-13H,10-11H2,1-5H3/b14-12+. The Morgan fingerprint density at radius 3 is 2.50 bits per heavy atom. The van der Waals surface area contributed by atoms with Gasteiger partial charge in [-0.25, -0.2) is 0 Å². The number of benzene rings is 2. The fourth-order valence-electron chi connectivity index (χ4n) is 3.14. The molecule has 1 aliphatic heterocycles. The molecule has 0 bridgehead atoms. The number of fused-ring (bicyclic) bond motifs is 1. The average Bonchev–Trinajstić information content (AvgIpc) is 2.72. The van der Waals surface area contributed by atoms with Crippen molar-refractivity contribution in [3.05, 3.63) is 47.0 Å². The van der Waals surface area contributed by atoms with E-state index in [2.05, 4.69) is 0 Å². The molecule has 0 unspecified atom stereocenters. The van der Waals surface area contributed by atoms with Gasteiger partial charge >= 0.3 is 0 Å². The summed E-state index contributed by atoms with van der Waals surface area (Å²) in [6.07, 6.45) is 1.80. The van der Waals surface area contributed by atoms with Crippen molar-refractivity contribution in [3.63, 3.8) is 0 Å². The first-order valence-electron chi connectivity index (χ1n) is 9.01. The van der Waals surface area contributed by atoms with Crippen LogP contribution in [-0.2, 0) is 0 Å². The van der Waals surface area contributed by atoms with Gasteiger partial charge in [0.15, 0.2) is 17.3 Å². The molecule has 0 aliphatic carbocycles. The lowest BCUT2D eigenvalue weighted by Gasteiger charge is -2.21. The number of methoxy groups -OCH3 is 2. The number of carbonyl (C=O) groups excluding carboxylic acids is 1. The van der Waals surface area contributed by atoms with Crippen molar-refractivity contribution in [1.82, 2.24) is 0 Å². The zero-order valence-electron chi connectivity index (χ0n) is 16.9. The number of ketones is 1. The van der Waals surface area contributed by atoms with Crippen LogP contribution < -0.4 is 23.8 Å². The van der Waals surface area contributed by atoms with E-state index in [0.29, 0.717) is 41.6 Å². The molecule has 0 spiro atoms. The molecular weight excluding hydrogens is 358 g/mol. The highest BCUT2D eigenvalue weighted by molar-refractivity contribution is 6.11. The van der Waals surface area contributed by atoms with E-state index in [4.69, 9.17) is 18.9 Å². The van der Waals surface area contributed by atoms with Gasteiger partial charge in [-0.15, -0.1) is 0 Å². The summed E-state index contributed by atoms with van der Waals surface area (Å²) < 4.78 is 22.2. The van der Waals surface area contributed by atoms with Gasteiger partial charge < -0.3 is 23.8 Å². The number of hydrogen-bond acceptors (Lipinski definition) is 6. The number of allylic oxidation sites excluding steroid dienone is 1. The second-order valence-corrected chi connectivity index (χ2v) is 6.65. The first kappa shape index (κ1) is 19.6. The van der Waals surface area contributed by atoms with Gasteiger partial charge in [0.2, 0.25) is 5.75 Å². The van der Waals surface area contributed by atoms with Crippen LogP contribution in [0.4, 0.5) is 5.69 Å². The third-order valence-corrected chi connectivity index (χ3v) is 4.55. The predicted octanol–water partition coefficient (Wildman–Crippen LogP) is 3.83. The van der Waals surface area contributed by atoms with Crippen LogP contribution in [0.25, 0.3) is 6.08 Å². The minimum atomic E-state index is -0.0669. The van der Waals surface area contributed by atoms with Crippen molar-refractivity contribution >= 4 is 17.5 Å². The van der Waals surface area contributed by atoms with E-state index in [1.807, 2.05) is 37.2 Å². The molecule has 1 heterocycles. The summed E-state index contributed by atoms with van der Waals surface area (Å²) in [7, 11) is 7.02. The zero-order valence-corrected chi connectivity index (χ0v) is 16.9. The minimum Gasteiger partial charge on any atom is -0.495 e. The van der Waals surface area contributed by atoms with Crippen LogP contribution in [0.5, 0.6) is 23.0 Å². The van der Waals surface area contributed by atoms with Crippen LogP contribution >= 0.6 is 0 Å². The monoisotopic (exact) mass is 383 g/mol. The number of anilines is 1. The number of Topliss-reactive ketones (excluding diaryl/α,β-unsaturated/α-hetero) is 1. The van der Waals surface area contributed by atoms with Gasteiger partial charge in [-0.3, -0.25) is 4.79 Å². The molecule has 0 N–H and O–H groups in total. The molecule has 2 aromatic carbocycles. The Hall–Kier alpha value is -3.15. The van der Waals surface area contributed by atoms with Crippen LogP contribution in [0.15, 0.2) is 35.9 Å². The SMILES string of the molecule is COc1ccc(C(=O)/C(C)=C/c2ccc3c(c2OC)OCCO3)cc1N(C)C. The summed E-state index contributed by atoms with van der Waals surface area (Å²) in [6, 6.07) is 9.10. The fourth-order valence-corrected chi connectivity index (χ4v) is 3.14. The van der Waals surface area contributed by atoms with Gasteiger partial charge in [-0.05, 0) is 48.9 Å². The molecule has 0 atom stereocenters. The lowest BCUT2D eigenvalue weighted by atomic mass is 10.0. The topological polar surface area (TPSA) is 57.2 Å². The molecule has 6 heteroatoms. The van der Waals surface area contributed by atoms with E-state index < -0.39 is 0 Å². The Labute approximate surface area is 165 Å². The Balaban J connectivity index is 1.96. The average molecular weight is 383 g/mol. The number of ether oxygens (including phenoxy) is 4. The van der Waals surface area contributed by atoms with Gasteiger partial charge in [0.05, 0.1) is 19.9 Å². The third-order valence-electron chi connectivity index (χ3n) is 4.55. The molecule has 0 radical (unpaired) electrons. The molecule has 3 rings (SSSR count). The van der Waals surface area contributed by atoms with Gasteiger partial charge in [-0.2, -0.15) is 0 Å². The van der Waals surface area contributed by atoms with Gasteiger partial charge in [0.1, 0.15) is 19.0 Å². The molecule has 148 valence electrons. The van der Waals surface area contributed by atoms with Crippen molar-refractivity contribution in [2.45, 2.75) is 6.92 Å². The third kappa shape index (κ3) is 3.76. The van der Waals surface area contributed by atoms with Gasteiger partial charge in [0, 0.05) is 25.2 Å². The summed E-state index contributed by atoms with van der Waals surface area (Å²) in [5.74, 6) is 2.43. The number of rotatable bonds is 6. The maximum absolute atomic E-state index is 13.0. The molecular formula is C22H25NO5. The first-order valence-corrected chi connectivity index (χ1v) is 9.01. The molecule has 6 nitrogen and oxygen atoms in total. The normalized spacial score (nSPS) is 13.1. The molecule has 0 saturated carbocycles. The lowest BCUT2D eigenvalue weighted by molar-refractivity contribution is 0.103. The molecule has 0 fully saturated rings. The Morgan fingerprint density at radius 2 is 1.82 bits per heavy atom. The van der Waals surface area contributed by atoms with E-state index in [1.165, 1.54) is 0 Å². The van der Waals surface area contributed by atoms with Crippen LogP contribution in [0.3, 0.4) is 0 Å². The first-order chi connectivity index (χ1) is 13.5. The lowest BCUT2D eigenvalue weighted by Crippen LogP contribution is -2.16. The minimum absolute atomic E-state index is 0.0669. The van der Waals surface area contributed by atoms with Crippen molar-refractivity contribution < 1.29 is 23.7 Å². The summed E-state index contributed by atoms with van der Waals surface area (Å²) in [5.41, 5.74) is 2.79. The van der Waals surface area contributed by atoms with E-state index in [9.17, 15) is 4.79 Å². The molecule has 2 aromatic rings. The van der Waals surface area contributed by atoms with Gasteiger partial charge in [0.25, 0.3) is 0 Å². The van der Waals surface area contributed by atoms with E-state index >= 15 is 0 Å². The largest absolute Gasteiger partial charge is 0.495 e. The quantitative estimate of drug-likeness (QED) is 0.558. The molecule has 28 heavy (non-hydrogen) atoms. The van der Waals surface area contributed by atoms with Crippen molar-refractivity contribution in [3.8, 4) is 23.0 Å². The molecule has 0 saturated heterocycles. The molecule has 0 aromatic heterocycles. The smallest absolute Gasteiger partial charge is 0.204 e. The molecule has 0 amide bonds. The van der Waals surface area contributed by atoms with Crippen LogP contribution in [0.2, 0.25) is 0 Å². The van der Waals surface area contributed by atoms with Crippen LogP contribution in [0.1, 0.15) is 22.8 Å². The van der Waals surface area contributed by atoms with E-state index in [0.717, 1.165) is 17.0 Å². The zero-order chi connectivity index (χ0) is 20.3. The Morgan fingerprint density at radius 1 is 1.07 bits per heavy atom. The summed E-state index contributed by atoms with van der Waals surface area (Å²) in [4.78, 5) is 14.9. The predicted molar refractivity (Wildman–Crippen MR) is 109 cm³/mol. The number of carbonyl (C=O) groups is 1. The van der Waals surface area contributed by atoms with Gasteiger partial charge in [-0.1, -0.05) is 0 Å². The van der Waals surface area contributed by atoms with Crippen LogP contribution in [-0.4, -0.2) is 47.3 Å². The highest BCUT2D eigenvalue weighted by atomic mass is 16.6. The van der Waals surface area contributed by atoms with Crippen LogP contribution in [0, 0.1) is 0 Å². The van der Waals surface area contributed by atoms with E-state index in [-0.39, 0.29) is 5.78 Å². The highest BCUT2D eigenvalue weighted by Gasteiger charge is 2.20. The second-order valence-electron chi connectivity index (χ2n) is 6.65. The number of hydrogen-bond donors (Lipinski definition) is 0. The van der Waals surface area contributed by atoms with Crippen molar-refractivity contribution in [2.24, 2.45) is 0 Å². The summed E-state index contributed by atoms with van der Waals surface area (Å²) in [6.45, 7) is 2.76. The Bertz CT molecular complexity index is 917. The second kappa shape index (κ2) is 8.25. The highest BCUT2D eigenvalue weighted by Crippen LogP contribution is 2.42. The Kier molecular flexibility index (Phi) is 5.78. The maximum atomic E-state index is 13.0. The summed E-state index contributed by atoms with van der Waals surface area (Å²) >= 11 is 0. The number of nitrogens with zero attached hydrogens (tertiary/aromatic N) is 1. The van der Waals surface area contributed by atoms with Crippen molar-refractivity contribution in [2.75, 3.05) is 46.4 Å². The van der Waals surface area contributed by atoms with E-state index in [1.54, 1.807) is 39.4 Å². The van der Waals surface area contributed by atoms with Crippen molar-refractivity contribution in [1.29, 1.82) is 0 Å². The maximum Gasteiger partial charge on any atom is 0.204 e. The fraction of sp³-hybridized carbons (Fsp3) is 0.318.